The average molecular weight is 457 g/mol. The van der Waals surface area contributed by atoms with Crippen molar-refractivity contribution < 1.29 is 9.59 Å². The van der Waals surface area contributed by atoms with Gasteiger partial charge >= 0.3 is 0 Å². The summed E-state index contributed by atoms with van der Waals surface area (Å²) in [4.78, 5) is 34.1. The molecule has 2 N–H and O–H groups in total. The quantitative estimate of drug-likeness (QED) is 0.763. The van der Waals surface area contributed by atoms with Crippen molar-refractivity contribution in [1.29, 1.82) is 0 Å². The van der Waals surface area contributed by atoms with Gasteiger partial charge in [-0.15, -0.1) is 0 Å². The van der Waals surface area contributed by atoms with Gasteiger partial charge in [0.05, 0.1) is 16.6 Å². The lowest BCUT2D eigenvalue weighted by atomic mass is 9.98. The first kappa shape index (κ1) is 21.4. The first-order chi connectivity index (χ1) is 14.9. The van der Waals surface area contributed by atoms with Crippen LogP contribution in [0.3, 0.4) is 0 Å². The van der Waals surface area contributed by atoms with Gasteiger partial charge in [0.15, 0.2) is 0 Å². The largest absolute Gasteiger partial charge is 0.402 e. The van der Waals surface area contributed by atoms with Crippen molar-refractivity contribution in [3.05, 3.63) is 81.0 Å². The van der Waals surface area contributed by atoms with Crippen LogP contribution >= 0.6 is 23.2 Å². The molecular weight excluding hydrogens is 435 g/mol. The maximum atomic E-state index is 13.2. The number of nitrogens with two attached hydrogens (primary N) is 1. The number of aliphatic imine (C=N–C) groups is 1. The van der Waals surface area contributed by atoms with Crippen LogP contribution in [-0.4, -0.2) is 53.5 Å². The Labute approximate surface area is 190 Å². The molecule has 31 heavy (non-hydrogen) atoms. The molecule has 0 saturated heterocycles. The zero-order valence-corrected chi connectivity index (χ0v) is 18.4. The molecule has 2 aromatic carbocycles. The maximum Gasteiger partial charge on any atom is 0.272 e. The van der Waals surface area contributed by atoms with Crippen LogP contribution < -0.4 is 5.73 Å². The highest BCUT2D eigenvalue weighted by molar-refractivity contribution is 6.46. The van der Waals surface area contributed by atoms with Gasteiger partial charge < -0.3 is 15.5 Å². The van der Waals surface area contributed by atoms with Gasteiger partial charge in [-0.05, 0) is 23.8 Å². The molecule has 4 rings (SSSR count). The van der Waals surface area contributed by atoms with Gasteiger partial charge in [-0.2, -0.15) is 0 Å². The standard InChI is InChI=1S/C23H22Cl2N4O2/c24-18-7-6-16(12-19(18)25)22(30)28-10-8-20(26)17(14-28)21-23(31)29(11-9-27-21)13-15-4-2-1-3-5-15/h1-7,12H,8-11,13-14,26H2. The van der Waals surface area contributed by atoms with Crippen molar-refractivity contribution in [2.75, 3.05) is 26.2 Å². The molecule has 0 aromatic heterocycles. The van der Waals surface area contributed by atoms with E-state index in [0.29, 0.717) is 65.2 Å². The predicted molar refractivity (Wildman–Crippen MR) is 122 cm³/mol. The van der Waals surface area contributed by atoms with Crippen molar-refractivity contribution in [3.63, 3.8) is 0 Å². The van der Waals surface area contributed by atoms with Crippen molar-refractivity contribution in [3.8, 4) is 0 Å². The number of amides is 2. The number of benzene rings is 2. The third-order valence-electron chi connectivity index (χ3n) is 5.47. The molecule has 0 unspecified atom stereocenters. The minimum Gasteiger partial charge on any atom is -0.402 e. The van der Waals surface area contributed by atoms with Crippen molar-refractivity contribution in [1.82, 2.24) is 9.80 Å². The van der Waals surface area contributed by atoms with E-state index in [4.69, 9.17) is 28.9 Å². The third kappa shape index (κ3) is 4.60. The molecule has 0 saturated carbocycles. The molecule has 0 fully saturated rings. The fourth-order valence-corrected chi connectivity index (χ4v) is 4.07. The van der Waals surface area contributed by atoms with Gasteiger partial charge in [-0.25, -0.2) is 0 Å². The number of carbonyl (C=O) groups excluding carboxylic acids is 2. The second-order valence-corrected chi connectivity index (χ2v) is 8.37. The van der Waals surface area contributed by atoms with Crippen molar-refractivity contribution in [2.24, 2.45) is 10.7 Å². The minimum absolute atomic E-state index is 0.156. The number of nitrogens with zero attached hydrogens (tertiary/aromatic N) is 3. The van der Waals surface area contributed by atoms with Gasteiger partial charge in [0.2, 0.25) is 0 Å². The lowest BCUT2D eigenvalue weighted by Gasteiger charge is -2.33. The highest BCUT2D eigenvalue weighted by Crippen LogP contribution is 2.25. The van der Waals surface area contributed by atoms with Crippen LogP contribution in [0.1, 0.15) is 22.3 Å². The molecule has 160 valence electrons. The molecule has 0 bridgehead atoms. The van der Waals surface area contributed by atoms with E-state index in [1.165, 1.54) is 0 Å². The van der Waals surface area contributed by atoms with Gasteiger partial charge in [0.1, 0.15) is 5.71 Å². The van der Waals surface area contributed by atoms with E-state index >= 15 is 0 Å². The molecule has 0 aliphatic carbocycles. The second-order valence-electron chi connectivity index (χ2n) is 7.55. The predicted octanol–water partition coefficient (Wildman–Crippen LogP) is 3.54. The molecule has 2 amide bonds. The van der Waals surface area contributed by atoms with Crippen LogP contribution in [0.2, 0.25) is 10.0 Å². The van der Waals surface area contributed by atoms with E-state index in [9.17, 15) is 9.59 Å². The maximum absolute atomic E-state index is 13.2. The zero-order chi connectivity index (χ0) is 22.0. The van der Waals surface area contributed by atoms with E-state index in [1.807, 2.05) is 30.3 Å². The van der Waals surface area contributed by atoms with E-state index in [2.05, 4.69) is 4.99 Å². The van der Waals surface area contributed by atoms with Crippen LogP contribution in [0.4, 0.5) is 0 Å². The summed E-state index contributed by atoms with van der Waals surface area (Å²) in [5.41, 5.74) is 9.35. The van der Waals surface area contributed by atoms with E-state index < -0.39 is 0 Å². The minimum atomic E-state index is -0.187. The summed E-state index contributed by atoms with van der Waals surface area (Å²) in [5.74, 6) is -0.342. The van der Waals surface area contributed by atoms with Gasteiger partial charge in [-0.1, -0.05) is 53.5 Å². The van der Waals surface area contributed by atoms with Crippen molar-refractivity contribution >= 4 is 40.7 Å². The fourth-order valence-electron chi connectivity index (χ4n) is 3.77. The summed E-state index contributed by atoms with van der Waals surface area (Å²) in [6, 6.07) is 14.6. The number of halogens is 2. The van der Waals surface area contributed by atoms with Gasteiger partial charge in [0, 0.05) is 49.4 Å². The molecule has 2 heterocycles. The van der Waals surface area contributed by atoms with E-state index in [1.54, 1.807) is 28.0 Å². The van der Waals surface area contributed by atoms with Crippen LogP contribution in [0.25, 0.3) is 0 Å². The second kappa shape index (κ2) is 9.12. The van der Waals surface area contributed by atoms with Gasteiger partial charge in [0.25, 0.3) is 11.8 Å². The summed E-state index contributed by atoms with van der Waals surface area (Å²) < 4.78 is 0. The summed E-state index contributed by atoms with van der Waals surface area (Å²) in [5, 5.41) is 0.713. The topological polar surface area (TPSA) is 79.0 Å². The lowest BCUT2D eigenvalue weighted by molar-refractivity contribution is -0.125. The molecule has 2 aliphatic heterocycles. The summed E-state index contributed by atoms with van der Waals surface area (Å²) in [6.07, 6.45) is 0.480. The van der Waals surface area contributed by atoms with E-state index in [0.717, 1.165) is 5.56 Å². The summed E-state index contributed by atoms with van der Waals surface area (Å²) in [7, 11) is 0. The Hall–Kier alpha value is -2.83. The van der Waals surface area contributed by atoms with Crippen LogP contribution in [0.5, 0.6) is 0 Å². The molecule has 0 atom stereocenters. The monoisotopic (exact) mass is 456 g/mol. The van der Waals surface area contributed by atoms with Crippen LogP contribution in [-0.2, 0) is 11.3 Å². The third-order valence-corrected chi connectivity index (χ3v) is 6.21. The Balaban J connectivity index is 1.52. The molecule has 8 heteroatoms. The molecule has 2 aromatic rings. The Morgan fingerprint density at radius 3 is 2.58 bits per heavy atom. The smallest absolute Gasteiger partial charge is 0.272 e. The average Bonchev–Trinajstić information content (AvgIpc) is 2.78. The Bertz CT molecular complexity index is 1080. The number of hydrogen-bond donors (Lipinski definition) is 1. The highest BCUT2D eigenvalue weighted by atomic mass is 35.5. The highest BCUT2D eigenvalue weighted by Gasteiger charge is 2.32. The molecule has 2 aliphatic rings. The fraction of sp³-hybridized carbons (Fsp3) is 0.261. The summed E-state index contributed by atoms with van der Waals surface area (Å²) in [6.45, 7) is 2.26. The SMILES string of the molecule is NC1=C(C2=NCCN(Cc3ccccc3)C2=O)CN(C(=O)c2ccc(Cl)c(Cl)c2)CC1. The van der Waals surface area contributed by atoms with Crippen LogP contribution in [0, 0.1) is 0 Å². The number of carbonyl (C=O) groups is 2. The molecule has 6 nitrogen and oxygen atoms in total. The van der Waals surface area contributed by atoms with Crippen LogP contribution in [0.15, 0.2) is 64.8 Å². The summed E-state index contributed by atoms with van der Waals surface area (Å²) >= 11 is 12.0. The van der Waals surface area contributed by atoms with E-state index in [-0.39, 0.29) is 18.4 Å². The zero-order valence-electron chi connectivity index (χ0n) is 16.9. The first-order valence-corrected chi connectivity index (χ1v) is 10.8. The van der Waals surface area contributed by atoms with Crippen molar-refractivity contribution in [2.45, 2.75) is 13.0 Å². The Morgan fingerprint density at radius 1 is 1.06 bits per heavy atom. The molecule has 0 radical (unpaired) electrons. The van der Waals surface area contributed by atoms with Gasteiger partial charge in [-0.3, -0.25) is 14.6 Å². The Kier molecular flexibility index (Phi) is 6.30. The molecular formula is C23H22Cl2N4O2. The Morgan fingerprint density at radius 2 is 1.84 bits per heavy atom. The number of rotatable bonds is 4. The lowest BCUT2D eigenvalue weighted by Crippen LogP contribution is -2.47. The number of hydrogen-bond acceptors (Lipinski definition) is 4. The normalized spacial score (nSPS) is 17.1. The molecule has 0 spiro atoms. The first-order valence-electron chi connectivity index (χ1n) is 10.0.